The molecule has 20 heavy (non-hydrogen) atoms. The van der Waals surface area contributed by atoms with Crippen LogP contribution in [0.1, 0.15) is 10.4 Å². The van der Waals surface area contributed by atoms with Crippen LogP contribution in [0.15, 0.2) is 27.6 Å². The Labute approximate surface area is 119 Å². The van der Waals surface area contributed by atoms with Gasteiger partial charge < -0.3 is 5.11 Å². The molecule has 0 unspecified atom stereocenters. The van der Waals surface area contributed by atoms with Gasteiger partial charge in [-0.25, -0.2) is 13.2 Å². The minimum atomic E-state index is -4.71. The third-order valence-corrected chi connectivity index (χ3v) is 4.08. The number of nitrogens with one attached hydrogen (secondary N) is 1. The van der Waals surface area contributed by atoms with E-state index in [0.29, 0.717) is 0 Å². The van der Waals surface area contributed by atoms with Gasteiger partial charge in [0.1, 0.15) is 0 Å². The quantitative estimate of drug-likeness (QED) is 0.764. The molecule has 0 saturated carbocycles. The summed E-state index contributed by atoms with van der Waals surface area (Å²) in [5.74, 6) is -1.38. The molecule has 0 aliphatic carbocycles. The summed E-state index contributed by atoms with van der Waals surface area (Å²) >= 11 is 2.86. The van der Waals surface area contributed by atoms with Gasteiger partial charge in [0.2, 0.25) is 0 Å². The van der Waals surface area contributed by atoms with E-state index in [9.17, 15) is 26.4 Å². The van der Waals surface area contributed by atoms with Gasteiger partial charge in [0.15, 0.2) is 6.61 Å². The van der Waals surface area contributed by atoms with Crippen LogP contribution in [0.5, 0.6) is 0 Å². The summed E-state index contributed by atoms with van der Waals surface area (Å²) in [7, 11) is -4.45. The van der Waals surface area contributed by atoms with Crippen LogP contribution in [-0.4, -0.2) is 32.3 Å². The van der Waals surface area contributed by atoms with Gasteiger partial charge in [0.05, 0.1) is 10.5 Å². The van der Waals surface area contributed by atoms with Crippen LogP contribution < -0.4 is 4.89 Å². The third kappa shape index (κ3) is 4.74. The number of carbonyl (C=O) groups is 1. The van der Waals surface area contributed by atoms with Crippen molar-refractivity contribution < 1.29 is 36.3 Å². The molecule has 0 aromatic heterocycles. The predicted molar refractivity (Wildman–Crippen MR) is 63.4 cm³/mol. The summed E-state index contributed by atoms with van der Waals surface area (Å²) in [6.45, 7) is -1.82. The van der Waals surface area contributed by atoms with Crippen molar-refractivity contribution in [1.29, 1.82) is 0 Å². The van der Waals surface area contributed by atoms with E-state index in [1.807, 2.05) is 0 Å². The van der Waals surface area contributed by atoms with Crippen molar-refractivity contribution in [1.82, 2.24) is 4.89 Å². The smallest absolute Gasteiger partial charge is 0.413 e. The van der Waals surface area contributed by atoms with Crippen LogP contribution >= 0.6 is 15.9 Å². The lowest BCUT2D eigenvalue weighted by atomic mass is 10.2. The molecule has 0 radical (unpaired) electrons. The molecule has 0 amide bonds. The fourth-order valence-electron chi connectivity index (χ4n) is 1.08. The van der Waals surface area contributed by atoms with Crippen molar-refractivity contribution in [3.8, 4) is 0 Å². The zero-order valence-electron chi connectivity index (χ0n) is 9.44. The standard InChI is InChI=1S/C9H7BrF3NO5S/c10-6-2-1-5(8(15)16)3-7(6)20(17,18)14-19-4-9(11,12)13/h1-3,14H,4H2,(H,15,16). The van der Waals surface area contributed by atoms with Gasteiger partial charge in [0.25, 0.3) is 10.0 Å². The SMILES string of the molecule is O=C(O)c1ccc(Br)c(S(=O)(=O)NOCC(F)(F)F)c1. The molecular formula is C9H7BrF3NO5S. The Morgan fingerprint density at radius 2 is 2.00 bits per heavy atom. The van der Waals surface area contributed by atoms with Gasteiger partial charge >= 0.3 is 12.1 Å². The first kappa shape index (κ1) is 16.9. The summed E-state index contributed by atoms with van der Waals surface area (Å²) in [5, 5.41) is 8.74. The number of carboxylic acid groups (broad SMARTS) is 1. The van der Waals surface area contributed by atoms with Crippen LogP contribution in [0.25, 0.3) is 0 Å². The molecule has 6 nitrogen and oxygen atoms in total. The summed E-state index contributed by atoms with van der Waals surface area (Å²) < 4.78 is 58.9. The fraction of sp³-hybridized carbons (Fsp3) is 0.222. The first-order valence-corrected chi connectivity index (χ1v) is 7.04. The second-order valence-electron chi connectivity index (χ2n) is 3.44. The lowest BCUT2D eigenvalue weighted by Gasteiger charge is -2.10. The Balaban J connectivity index is 2.97. The number of alkyl halides is 3. The average molecular weight is 378 g/mol. The molecule has 0 aliphatic rings. The maximum Gasteiger partial charge on any atom is 0.413 e. The molecule has 0 fully saturated rings. The van der Waals surface area contributed by atoms with Crippen molar-refractivity contribution in [3.05, 3.63) is 28.2 Å². The number of halogens is 4. The molecule has 0 heterocycles. The number of carboxylic acids is 1. The summed E-state index contributed by atoms with van der Waals surface area (Å²) in [4.78, 5) is 15.3. The van der Waals surface area contributed by atoms with Crippen molar-refractivity contribution in [2.75, 3.05) is 6.61 Å². The van der Waals surface area contributed by atoms with Crippen LogP contribution in [0.4, 0.5) is 13.2 Å². The zero-order chi connectivity index (χ0) is 15.6. The highest BCUT2D eigenvalue weighted by atomic mass is 79.9. The molecule has 0 atom stereocenters. The molecule has 1 aromatic carbocycles. The van der Waals surface area contributed by atoms with Crippen LogP contribution in [-0.2, 0) is 14.9 Å². The molecular weight excluding hydrogens is 371 g/mol. The maximum atomic E-state index is 11.8. The second-order valence-corrected chi connectivity index (χ2v) is 5.91. The van der Waals surface area contributed by atoms with Crippen molar-refractivity contribution in [3.63, 3.8) is 0 Å². The molecule has 1 rings (SSSR count). The second kappa shape index (κ2) is 6.08. The predicted octanol–water partition coefficient (Wildman–Crippen LogP) is 1.92. The van der Waals surface area contributed by atoms with Crippen molar-refractivity contribution in [2.24, 2.45) is 0 Å². The molecule has 0 bridgehead atoms. The largest absolute Gasteiger partial charge is 0.478 e. The lowest BCUT2D eigenvalue weighted by Crippen LogP contribution is -2.30. The van der Waals surface area contributed by atoms with E-state index < -0.39 is 33.7 Å². The molecule has 1 aromatic rings. The van der Waals surface area contributed by atoms with E-state index in [0.717, 1.165) is 18.2 Å². The normalized spacial score (nSPS) is 12.4. The first-order valence-electron chi connectivity index (χ1n) is 4.76. The molecule has 0 saturated heterocycles. The Morgan fingerprint density at radius 3 is 2.50 bits per heavy atom. The highest BCUT2D eigenvalue weighted by Gasteiger charge is 2.29. The third-order valence-electron chi connectivity index (χ3n) is 1.87. The van der Waals surface area contributed by atoms with Gasteiger partial charge in [0, 0.05) is 4.47 Å². The number of hydrogen-bond donors (Lipinski definition) is 2. The van der Waals surface area contributed by atoms with Crippen molar-refractivity contribution in [2.45, 2.75) is 11.1 Å². The number of benzene rings is 1. The molecule has 2 N–H and O–H groups in total. The summed E-state index contributed by atoms with van der Waals surface area (Å²) in [6, 6.07) is 3.05. The van der Waals surface area contributed by atoms with Gasteiger partial charge in [-0.1, -0.05) is 4.89 Å². The highest BCUT2D eigenvalue weighted by Crippen LogP contribution is 2.23. The van der Waals surface area contributed by atoms with E-state index in [1.54, 1.807) is 0 Å². The lowest BCUT2D eigenvalue weighted by molar-refractivity contribution is -0.181. The Kier molecular flexibility index (Phi) is 5.13. The van der Waals surface area contributed by atoms with Gasteiger partial charge in [-0.15, -0.1) is 0 Å². The zero-order valence-corrected chi connectivity index (χ0v) is 11.8. The maximum absolute atomic E-state index is 11.8. The Bertz CT molecular complexity index is 616. The molecule has 11 heteroatoms. The van der Waals surface area contributed by atoms with E-state index in [2.05, 4.69) is 20.8 Å². The highest BCUT2D eigenvalue weighted by molar-refractivity contribution is 9.10. The van der Waals surface area contributed by atoms with Crippen LogP contribution in [0.3, 0.4) is 0 Å². The summed E-state index contributed by atoms with van der Waals surface area (Å²) in [5.41, 5.74) is -0.343. The number of hydrogen-bond acceptors (Lipinski definition) is 4. The number of sulfonamides is 1. The van der Waals surface area contributed by atoms with Gasteiger partial charge in [-0.3, -0.25) is 4.84 Å². The molecule has 112 valence electrons. The van der Waals surface area contributed by atoms with Crippen LogP contribution in [0, 0.1) is 0 Å². The molecule has 0 spiro atoms. The van der Waals surface area contributed by atoms with E-state index in [4.69, 9.17) is 5.11 Å². The van der Waals surface area contributed by atoms with E-state index in [-0.39, 0.29) is 10.0 Å². The summed E-state index contributed by atoms with van der Waals surface area (Å²) in [6.07, 6.45) is -4.71. The molecule has 0 aliphatic heterocycles. The Hall–Kier alpha value is -1.17. The monoisotopic (exact) mass is 377 g/mol. The Morgan fingerprint density at radius 1 is 1.40 bits per heavy atom. The van der Waals surface area contributed by atoms with Gasteiger partial charge in [-0.05, 0) is 34.1 Å². The first-order chi connectivity index (χ1) is 9.03. The number of aromatic carboxylic acids is 1. The minimum Gasteiger partial charge on any atom is -0.478 e. The van der Waals surface area contributed by atoms with Gasteiger partial charge in [-0.2, -0.15) is 13.2 Å². The number of rotatable bonds is 5. The minimum absolute atomic E-state index is 0.0226. The van der Waals surface area contributed by atoms with E-state index in [1.165, 1.54) is 4.89 Å². The fourth-order valence-corrected chi connectivity index (χ4v) is 2.87. The topological polar surface area (TPSA) is 92.7 Å². The van der Waals surface area contributed by atoms with Crippen LogP contribution in [0.2, 0.25) is 0 Å². The average Bonchev–Trinajstić information content (AvgIpc) is 2.26. The van der Waals surface area contributed by atoms with Crippen molar-refractivity contribution >= 4 is 31.9 Å². The van der Waals surface area contributed by atoms with E-state index >= 15 is 0 Å².